The number of aromatic nitrogens is 1. The average molecular weight is 455 g/mol. The lowest BCUT2D eigenvalue weighted by Gasteiger charge is -2.39. The first-order chi connectivity index (χ1) is 15.1. The highest BCUT2D eigenvalue weighted by atomic mass is 32.2. The molecule has 0 saturated heterocycles. The fraction of sp³-hybridized carbons (Fsp3) is 0.391. The number of anilines is 1. The molecule has 4 unspecified atom stereocenters. The van der Waals surface area contributed by atoms with Crippen LogP contribution in [0.4, 0.5) is 5.69 Å². The summed E-state index contributed by atoms with van der Waals surface area (Å²) in [6, 6.07) is 10.3. The predicted octanol–water partition coefficient (Wildman–Crippen LogP) is 4.50. The van der Waals surface area contributed by atoms with E-state index in [0.717, 1.165) is 15.7 Å². The quantitative estimate of drug-likeness (QED) is 0.567. The number of benzene rings is 1. The molecule has 31 heavy (non-hydrogen) atoms. The van der Waals surface area contributed by atoms with E-state index in [1.807, 2.05) is 23.9 Å². The second-order valence-corrected chi connectivity index (χ2v) is 10.9. The van der Waals surface area contributed by atoms with E-state index >= 15 is 0 Å². The average Bonchev–Trinajstić information content (AvgIpc) is 3.54. The van der Waals surface area contributed by atoms with E-state index in [1.165, 1.54) is 42.7 Å². The Kier molecular flexibility index (Phi) is 4.54. The number of thioether (sulfide) groups is 1. The van der Waals surface area contributed by atoms with Crippen LogP contribution < -0.4 is 10.2 Å². The molecule has 2 aliphatic carbocycles. The maximum atomic E-state index is 13.0. The third kappa shape index (κ3) is 3.15. The first kappa shape index (κ1) is 19.3. The number of amides is 1. The molecule has 2 bridgehead atoms. The zero-order chi connectivity index (χ0) is 21.1. The monoisotopic (exact) mass is 454 g/mol. The second kappa shape index (κ2) is 7.31. The van der Waals surface area contributed by atoms with Crippen molar-refractivity contribution in [2.75, 3.05) is 5.32 Å². The van der Waals surface area contributed by atoms with E-state index in [0.29, 0.717) is 28.7 Å². The molecule has 2 aromatic heterocycles. The Morgan fingerprint density at radius 2 is 2.00 bits per heavy atom. The van der Waals surface area contributed by atoms with Crippen LogP contribution in [0, 0.1) is 17.8 Å². The highest BCUT2D eigenvalue weighted by Crippen LogP contribution is 2.64. The molecule has 0 radical (unpaired) electrons. The lowest BCUT2D eigenvalue weighted by Crippen LogP contribution is -2.34. The number of carbonyl (C=O) groups is 1. The van der Waals surface area contributed by atoms with Gasteiger partial charge < -0.3 is 14.8 Å². The summed E-state index contributed by atoms with van der Waals surface area (Å²) < 4.78 is 7.49. The van der Waals surface area contributed by atoms with Crippen LogP contribution in [0.1, 0.15) is 35.8 Å². The van der Waals surface area contributed by atoms with Gasteiger partial charge in [-0.05, 0) is 73.4 Å². The number of hydrogen-bond acceptors (Lipinski definition) is 6. The summed E-state index contributed by atoms with van der Waals surface area (Å²) in [5, 5.41) is 13.7. The third-order valence-corrected chi connectivity index (χ3v) is 9.82. The van der Waals surface area contributed by atoms with E-state index in [-0.39, 0.29) is 29.0 Å². The number of furan rings is 1. The van der Waals surface area contributed by atoms with Crippen LogP contribution in [0.2, 0.25) is 0 Å². The van der Waals surface area contributed by atoms with Gasteiger partial charge in [-0.2, -0.15) is 0 Å². The standard InChI is InChI=1S/C23H22N2O4S2/c26-15-7-5-14(6-8-15)24-17(27)11-25-22-21(31-23(25)28)19(16-2-1-9-29-16)18-12-3-4-13(10-12)20(18)30-22/h1-2,5-9,12-13,18-20,26H,3-4,10-11H2,(H,24,27)/t12?,13?,18?,19-,20?/m1/s1. The minimum absolute atomic E-state index is 0.0189. The molecule has 2 saturated carbocycles. The molecule has 8 heteroatoms. The third-order valence-electron chi connectivity index (χ3n) is 6.99. The summed E-state index contributed by atoms with van der Waals surface area (Å²) in [6.07, 6.45) is 5.50. The maximum Gasteiger partial charge on any atom is 0.308 e. The number of thiazole rings is 1. The van der Waals surface area contributed by atoms with Crippen LogP contribution in [-0.4, -0.2) is 20.8 Å². The molecule has 6 nitrogen and oxygen atoms in total. The minimum atomic E-state index is -0.251. The van der Waals surface area contributed by atoms with Gasteiger partial charge >= 0.3 is 4.87 Å². The van der Waals surface area contributed by atoms with Gasteiger partial charge in [-0.1, -0.05) is 11.3 Å². The van der Waals surface area contributed by atoms with Crippen molar-refractivity contribution in [3.8, 4) is 5.75 Å². The van der Waals surface area contributed by atoms with E-state index in [9.17, 15) is 14.7 Å². The SMILES string of the molecule is O=C(Cn1c2c(sc1=O)[C@H](c1ccco1)C1C3CCC(C3)C1S2)Nc1ccc(O)cc1. The van der Waals surface area contributed by atoms with Crippen molar-refractivity contribution in [1.82, 2.24) is 4.57 Å². The largest absolute Gasteiger partial charge is 0.508 e. The molecule has 1 amide bonds. The molecular weight excluding hydrogens is 432 g/mol. The van der Waals surface area contributed by atoms with Gasteiger partial charge in [0.1, 0.15) is 18.1 Å². The molecule has 1 aliphatic heterocycles. The Hall–Kier alpha value is -2.45. The number of phenolic OH excluding ortho intramolecular Hbond substituents is 1. The van der Waals surface area contributed by atoms with E-state index in [4.69, 9.17) is 4.42 Å². The second-order valence-electron chi connectivity index (χ2n) is 8.70. The van der Waals surface area contributed by atoms with Crippen LogP contribution in [0.15, 0.2) is 56.9 Å². The Bertz CT molecular complexity index is 1180. The molecule has 0 spiro atoms. The zero-order valence-electron chi connectivity index (χ0n) is 16.7. The van der Waals surface area contributed by atoms with E-state index in [1.54, 1.807) is 23.0 Å². The molecule has 3 aromatic rings. The normalized spacial score (nSPS) is 28.3. The minimum Gasteiger partial charge on any atom is -0.508 e. The summed E-state index contributed by atoms with van der Waals surface area (Å²) in [5.74, 6) is 2.80. The number of fused-ring (bicyclic) bond motifs is 6. The first-order valence-corrected chi connectivity index (χ1v) is 12.3. The fourth-order valence-electron chi connectivity index (χ4n) is 5.76. The summed E-state index contributed by atoms with van der Waals surface area (Å²) in [5.41, 5.74) is 0.592. The Morgan fingerprint density at radius 3 is 2.77 bits per heavy atom. The van der Waals surface area contributed by atoms with Gasteiger partial charge in [0, 0.05) is 10.9 Å². The van der Waals surface area contributed by atoms with Crippen molar-refractivity contribution in [1.29, 1.82) is 0 Å². The topological polar surface area (TPSA) is 84.5 Å². The van der Waals surface area contributed by atoms with Crippen molar-refractivity contribution in [2.45, 2.75) is 42.0 Å². The van der Waals surface area contributed by atoms with Gasteiger partial charge in [-0.3, -0.25) is 14.2 Å². The highest BCUT2D eigenvalue weighted by molar-refractivity contribution is 8.00. The van der Waals surface area contributed by atoms with Crippen LogP contribution >= 0.6 is 23.1 Å². The number of nitrogens with zero attached hydrogens (tertiary/aromatic N) is 1. The van der Waals surface area contributed by atoms with Gasteiger partial charge in [-0.25, -0.2) is 0 Å². The molecule has 3 heterocycles. The molecule has 6 rings (SSSR count). The molecule has 3 aliphatic rings. The Morgan fingerprint density at radius 1 is 1.19 bits per heavy atom. The van der Waals surface area contributed by atoms with Gasteiger partial charge in [-0.15, -0.1) is 11.8 Å². The van der Waals surface area contributed by atoms with E-state index in [2.05, 4.69) is 5.32 Å². The van der Waals surface area contributed by atoms with Crippen molar-refractivity contribution < 1.29 is 14.3 Å². The molecule has 160 valence electrons. The number of aromatic hydroxyl groups is 1. The molecule has 1 aromatic carbocycles. The van der Waals surface area contributed by atoms with Crippen LogP contribution in [-0.2, 0) is 11.3 Å². The Labute approximate surface area is 187 Å². The summed E-state index contributed by atoms with van der Waals surface area (Å²) >= 11 is 3.07. The summed E-state index contributed by atoms with van der Waals surface area (Å²) in [4.78, 5) is 26.6. The number of hydrogen-bond donors (Lipinski definition) is 2. The predicted molar refractivity (Wildman–Crippen MR) is 120 cm³/mol. The fourth-order valence-corrected chi connectivity index (χ4v) is 8.89. The summed E-state index contributed by atoms with van der Waals surface area (Å²) in [7, 11) is 0. The number of phenols is 1. The van der Waals surface area contributed by atoms with E-state index < -0.39 is 0 Å². The van der Waals surface area contributed by atoms with Gasteiger partial charge in [0.25, 0.3) is 0 Å². The van der Waals surface area contributed by atoms with Gasteiger partial charge in [0.05, 0.1) is 22.1 Å². The van der Waals surface area contributed by atoms with Crippen molar-refractivity contribution in [3.63, 3.8) is 0 Å². The summed E-state index contributed by atoms with van der Waals surface area (Å²) in [6.45, 7) is -0.0189. The van der Waals surface area contributed by atoms with Crippen LogP contribution in [0.5, 0.6) is 5.75 Å². The van der Waals surface area contributed by atoms with Gasteiger partial charge in [0.2, 0.25) is 5.91 Å². The zero-order valence-corrected chi connectivity index (χ0v) is 18.3. The van der Waals surface area contributed by atoms with Crippen LogP contribution in [0.3, 0.4) is 0 Å². The number of nitrogens with one attached hydrogen (secondary N) is 1. The lowest BCUT2D eigenvalue weighted by atomic mass is 9.77. The molecule has 2 fully saturated rings. The molecular formula is C23H22N2O4S2. The molecule has 2 N–H and O–H groups in total. The number of rotatable bonds is 4. The maximum absolute atomic E-state index is 13.0. The lowest BCUT2D eigenvalue weighted by molar-refractivity contribution is -0.116. The first-order valence-electron chi connectivity index (χ1n) is 10.6. The van der Waals surface area contributed by atoms with Crippen molar-refractivity contribution in [2.24, 2.45) is 17.8 Å². The molecule has 5 atom stereocenters. The number of carbonyl (C=O) groups excluding carboxylic acids is 1. The van der Waals surface area contributed by atoms with Gasteiger partial charge in [0.15, 0.2) is 0 Å². The van der Waals surface area contributed by atoms with Crippen molar-refractivity contribution in [3.05, 3.63) is 63.0 Å². The highest BCUT2D eigenvalue weighted by Gasteiger charge is 2.55. The van der Waals surface area contributed by atoms with Crippen molar-refractivity contribution >= 4 is 34.7 Å². The Balaban J connectivity index is 1.34. The van der Waals surface area contributed by atoms with Crippen LogP contribution in [0.25, 0.3) is 0 Å². The smallest absolute Gasteiger partial charge is 0.308 e.